The predicted molar refractivity (Wildman–Crippen MR) is 130 cm³/mol. The first-order valence-corrected chi connectivity index (χ1v) is 11.7. The van der Waals surface area contributed by atoms with Crippen LogP contribution >= 0.6 is 0 Å². The lowest BCUT2D eigenvalue weighted by atomic mass is 10.2. The number of hydrogen-bond donors (Lipinski definition) is 2. The van der Waals surface area contributed by atoms with Crippen molar-refractivity contribution in [1.29, 1.82) is 0 Å². The van der Waals surface area contributed by atoms with Gasteiger partial charge in [-0.25, -0.2) is 19.2 Å². The second kappa shape index (κ2) is 9.77. The van der Waals surface area contributed by atoms with Gasteiger partial charge >= 0.3 is 12.1 Å². The molecule has 4 aromatic rings. The highest BCUT2D eigenvalue weighted by Gasteiger charge is 2.32. The van der Waals surface area contributed by atoms with Gasteiger partial charge in [0, 0.05) is 24.7 Å². The fraction of sp³-hybridized carbons (Fsp3) is 0.231. The van der Waals surface area contributed by atoms with Crippen LogP contribution in [0.25, 0.3) is 11.0 Å². The number of benzene rings is 1. The van der Waals surface area contributed by atoms with Gasteiger partial charge in [-0.05, 0) is 54.8 Å². The van der Waals surface area contributed by atoms with Crippen molar-refractivity contribution < 1.29 is 32.3 Å². The molecule has 0 saturated carbocycles. The third-order valence-electron chi connectivity index (χ3n) is 6.36. The molecule has 1 unspecified atom stereocenters. The van der Waals surface area contributed by atoms with Gasteiger partial charge in [-0.2, -0.15) is 13.2 Å². The molecule has 3 aromatic heterocycles. The molecule has 38 heavy (non-hydrogen) atoms. The zero-order chi connectivity index (χ0) is 27.0. The van der Waals surface area contributed by atoms with E-state index >= 15 is 0 Å². The molecule has 0 aliphatic carbocycles. The summed E-state index contributed by atoms with van der Waals surface area (Å²) in [7, 11) is 0. The van der Waals surface area contributed by atoms with Gasteiger partial charge in [0.25, 0.3) is 5.91 Å². The third kappa shape index (κ3) is 5.01. The lowest BCUT2D eigenvalue weighted by molar-refractivity contribution is -0.139. The first-order chi connectivity index (χ1) is 18.1. The number of hydrogen-bond acceptors (Lipinski definition) is 5. The number of carbonyl (C=O) groups is 2. The molecule has 1 aliphatic rings. The zero-order valence-corrected chi connectivity index (χ0v) is 19.7. The highest BCUT2D eigenvalue weighted by atomic mass is 19.4. The van der Waals surface area contributed by atoms with Crippen LogP contribution in [0.2, 0.25) is 0 Å². The summed E-state index contributed by atoms with van der Waals surface area (Å²) in [5.74, 6) is -1.61. The van der Waals surface area contributed by atoms with Gasteiger partial charge in [0.2, 0.25) is 0 Å². The number of fused-ring (bicyclic) bond motifs is 1. The van der Waals surface area contributed by atoms with Crippen molar-refractivity contribution in [2.24, 2.45) is 0 Å². The Bertz CT molecular complexity index is 1520. The van der Waals surface area contributed by atoms with Crippen LogP contribution in [-0.4, -0.2) is 44.1 Å². The molecular formula is C26H21F4N5O3. The Labute approximate surface area is 213 Å². The van der Waals surface area contributed by atoms with Gasteiger partial charge in [-0.15, -0.1) is 0 Å². The SMILES string of the molecule is O=C(Nc1ccc(N2CCCC2C(=O)O)nc1)c1cc2cc(C(F)(F)F)cnc2n1Cc1cccc(F)c1. The van der Waals surface area contributed by atoms with E-state index in [2.05, 4.69) is 15.3 Å². The van der Waals surface area contributed by atoms with E-state index in [1.165, 1.54) is 35.0 Å². The summed E-state index contributed by atoms with van der Waals surface area (Å²) in [4.78, 5) is 34.6. The van der Waals surface area contributed by atoms with Crippen LogP contribution in [0.1, 0.15) is 34.5 Å². The molecule has 1 aliphatic heterocycles. The van der Waals surface area contributed by atoms with Crippen LogP contribution in [0.3, 0.4) is 0 Å². The fourth-order valence-electron chi connectivity index (χ4n) is 4.59. The first kappa shape index (κ1) is 25.2. The number of rotatable bonds is 6. The second-order valence-electron chi connectivity index (χ2n) is 8.93. The highest BCUT2D eigenvalue weighted by Crippen LogP contribution is 2.32. The molecule has 1 aromatic carbocycles. The Morgan fingerprint density at radius 1 is 1.08 bits per heavy atom. The monoisotopic (exact) mass is 527 g/mol. The summed E-state index contributed by atoms with van der Waals surface area (Å²) in [5.41, 5.74) is -0.0132. The van der Waals surface area contributed by atoms with E-state index in [9.17, 15) is 32.3 Å². The molecule has 1 fully saturated rings. The molecule has 12 heteroatoms. The van der Waals surface area contributed by atoms with Gasteiger partial charge < -0.3 is 19.9 Å². The maximum absolute atomic E-state index is 13.8. The molecule has 1 saturated heterocycles. The Kier molecular flexibility index (Phi) is 6.47. The van der Waals surface area contributed by atoms with Crippen molar-refractivity contribution in [3.05, 3.63) is 83.6 Å². The van der Waals surface area contributed by atoms with E-state index in [0.717, 1.165) is 12.5 Å². The first-order valence-electron chi connectivity index (χ1n) is 11.7. The molecule has 2 N–H and O–H groups in total. The molecule has 4 heterocycles. The predicted octanol–water partition coefficient (Wildman–Crippen LogP) is 4.94. The maximum Gasteiger partial charge on any atom is 0.417 e. The number of carbonyl (C=O) groups excluding carboxylic acids is 1. The maximum atomic E-state index is 13.8. The van der Waals surface area contributed by atoms with Crippen molar-refractivity contribution in [1.82, 2.24) is 14.5 Å². The second-order valence-corrected chi connectivity index (χ2v) is 8.93. The van der Waals surface area contributed by atoms with E-state index in [0.29, 0.717) is 36.2 Å². The number of pyridine rings is 2. The number of nitrogens with one attached hydrogen (secondary N) is 1. The van der Waals surface area contributed by atoms with Crippen LogP contribution in [0.4, 0.5) is 29.1 Å². The summed E-state index contributed by atoms with van der Waals surface area (Å²) in [6.45, 7) is 0.536. The van der Waals surface area contributed by atoms with E-state index in [1.54, 1.807) is 23.1 Å². The molecule has 0 spiro atoms. The fourth-order valence-corrected chi connectivity index (χ4v) is 4.59. The number of nitrogens with zero attached hydrogens (tertiary/aromatic N) is 4. The molecule has 5 rings (SSSR count). The van der Waals surface area contributed by atoms with E-state index in [-0.39, 0.29) is 23.3 Å². The standard InChI is InChI=1S/C26H21F4N5O3/c27-18-4-1-3-15(9-18)14-35-21(11-16-10-17(26(28,29)30)12-32-23(16)35)24(36)33-19-6-7-22(31-13-19)34-8-2-5-20(34)25(37)38/h1,3-4,6-7,9-13,20H,2,5,8,14H2,(H,33,36)(H,37,38). The van der Waals surface area contributed by atoms with Crippen LogP contribution in [-0.2, 0) is 17.5 Å². The summed E-state index contributed by atoms with van der Waals surface area (Å²) in [6.07, 6.45) is -1.31. The molecule has 0 bridgehead atoms. The third-order valence-corrected chi connectivity index (χ3v) is 6.36. The van der Waals surface area contributed by atoms with Crippen molar-refractivity contribution in [3.8, 4) is 0 Å². The molecule has 8 nitrogen and oxygen atoms in total. The van der Waals surface area contributed by atoms with Crippen LogP contribution < -0.4 is 10.2 Å². The lowest BCUT2D eigenvalue weighted by Gasteiger charge is -2.22. The number of amides is 1. The van der Waals surface area contributed by atoms with E-state index in [4.69, 9.17) is 0 Å². The number of aromatic nitrogens is 3. The molecule has 196 valence electrons. The topological polar surface area (TPSA) is 100 Å². The quantitative estimate of drug-likeness (QED) is 0.345. The highest BCUT2D eigenvalue weighted by molar-refractivity contribution is 6.06. The normalized spacial score (nSPS) is 15.7. The molecular weight excluding hydrogens is 506 g/mol. The molecule has 1 atom stereocenters. The Morgan fingerprint density at radius 2 is 1.89 bits per heavy atom. The Balaban J connectivity index is 1.45. The minimum absolute atomic E-state index is 0.00883. The van der Waals surface area contributed by atoms with Gasteiger partial charge in [-0.3, -0.25) is 4.79 Å². The average molecular weight is 527 g/mol. The van der Waals surface area contributed by atoms with Crippen molar-refractivity contribution in [2.45, 2.75) is 31.6 Å². The summed E-state index contributed by atoms with van der Waals surface area (Å²) >= 11 is 0. The van der Waals surface area contributed by atoms with Crippen LogP contribution in [0.15, 0.2) is 60.9 Å². The minimum Gasteiger partial charge on any atom is -0.480 e. The Morgan fingerprint density at radius 3 is 2.58 bits per heavy atom. The van der Waals surface area contributed by atoms with Gasteiger partial charge in [0.1, 0.15) is 29.0 Å². The number of carboxylic acid groups (broad SMARTS) is 1. The van der Waals surface area contributed by atoms with E-state index in [1.807, 2.05) is 0 Å². The van der Waals surface area contributed by atoms with E-state index < -0.39 is 35.5 Å². The summed E-state index contributed by atoms with van der Waals surface area (Å²) < 4.78 is 55.0. The van der Waals surface area contributed by atoms with Gasteiger partial charge in [0.15, 0.2) is 0 Å². The minimum atomic E-state index is -4.61. The van der Waals surface area contributed by atoms with Gasteiger partial charge in [-0.1, -0.05) is 12.1 Å². The number of halogens is 4. The largest absolute Gasteiger partial charge is 0.480 e. The zero-order valence-electron chi connectivity index (χ0n) is 19.7. The average Bonchev–Trinajstić information content (AvgIpc) is 3.49. The van der Waals surface area contributed by atoms with Crippen LogP contribution in [0, 0.1) is 5.82 Å². The van der Waals surface area contributed by atoms with Crippen molar-refractivity contribution in [2.75, 3.05) is 16.8 Å². The number of carboxylic acids is 1. The smallest absolute Gasteiger partial charge is 0.417 e. The van der Waals surface area contributed by atoms with Crippen molar-refractivity contribution >= 4 is 34.4 Å². The number of alkyl halides is 3. The number of aliphatic carboxylic acids is 1. The molecule has 1 amide bonds. The molecule has 0 radical (unpaired) electrons. The summed E-state index contributed by atoms with van der Waals surface area (Å²) in [5, 5.41) is 12.2. The summed E-state index contributed by atoms with van der Waals surface area (Å²) in [6, 6.07) is 10.4. The Hall–Kier alpha value is -4.48. The van der Waals surface area contributed by atoms with Crippen molar-refractivity contribution in [3.63, 3.8) is 0 Å². The van der Waals surface area contributed by atoms with Crippen LogP contribution in [0.5, 0.6) is 0 Å². The number of anilines is 2. The van der Waals surface area contributed by atoms with Gasteiger partial charge in [0.05, 0.1) is 17.4 Å². The lowest BCUT2D eigenvalue weighted by Crippen LogP contribution is -2.36.